The van der Waals surface area contributed by atoms with E-state index < -0.39 is 6.04 Å². The van der Waals surface area contributed by atoms with Crippen LogP contribution in [0.2, 0.25) is 5.02 Å². The van der Waals surface area contributed by atoms with Gasteiger partial charge >= 0.3 is 0 Å². The van der Waals surface area contributed by atoms with Gasteiger partial charge in [-0.2, -0.15) is 0 Å². The van der Waals surface area contributed by atoms with Crippen LogP contribution < -0.4 is 0 Å². The molecular formula is C19H20ClNO4. The van der Waals surface area contributed by atoms with Gasteiger partial charge in [-0.05, 0) is 37.0 Å². The maximum absolute atomic E-state index is 13.2. The van der Waals surface area contributed by atoms with E-state index in [1.807, 2.05) is 6.07 Å². The van der Waals surface area contributed by atoms with Gasteiger partial charge < -0.3 is 14.7 Å². The van der Waals surface area contributed by atoms with Crippen molar-refractivity contribution in [2.45, 2.75) is 37.8 Å². The van der Waals surface area contributed by atoms with Crippen LogP contribution in [0, 0.1) is 5.92 Å². The Morgan fingerprint density at radius 1 is 1.24 bits per heavy atom. The average Bonchev–Trinajstić information content (AvgIpc) is 2.89. The van der Waals surface area contributed by atoms with E-state index >= 15 is 0 Å². The fraction of sp³-hybridized carbons (Fsp3) is 0.474. The lowest BCUT2D eigenvalue weighted by molar-refractivity contribution is -0.135. The maximum Gasteiger partial charge on any atom is 0.290 e. The fourth-order valence-electron chi connectivity index (χ4n) is 4.25. The van der Waals surface area contributed by atoms with Crippen molar-refractivity contribution in [3.63, 3.8) is 0 Å². The van der Waals surface area contributed by atoms with Crippen LogP contribution in [0.1, 0.15) is 37.3 Å². The maximum atomic E-state index is 13.2. The molecule has 4 rings (SSSR count). The van der Waals surface area contributed by atoms with Crippen LogP contribution in [-0.4, -0.2) is 41.0 Å². The smallest absolute Gasteiger partial charge is 0.290 e. The Hall–Kier alpha value is -1.85. The minimum absolute atomic E-state index is 0.0183. The molecule has 2 heterocycles. The summed E-state index contributed by atoms with van der Waals surface area (Å²) in [5, 5.41) is 9.95. The van der Waals surface area contributed by atoms with Gasteiger partial charge in [-0.15, -0.1) is 0 Å². The van der Waals surface area contributed by atoms with Crippen LogP contribution in [0.5, 0.6) is 0 Å². The van der Waals surface area contributed by atoms with Crippen molar-refractivity contribution in [3.8, 4) is 0 Å². The molecule has 1 fully saturated rings. The molecule has 1 aromatic carbocycles. The number of nitrogens with zero attached hydrogens (tertiary/aromatic N) is 1. The third kappa shape index (κ3) is 2.66. The van der Waals surface area contributed by atoms with E-state index in [4.69, 9.17) is 16.3 Å². The highest BCUT2D eigenvalue weighted by atomic mass is 35.5. The van der Waals surface area contributed by atoms with Gasteiger partial charge in [0.05, 0.1) is 24.1 Å². The quantitative estimate of drug-likeness (QED) is 0.898. The number of ether oxygens (including phenoxy) is 1. The summed E-state index contributed by atoms with van der Waals surface area (Å²) in [7, 11) is 0. The molecule has 6 heteroatoms. The third-order valence-corrected chi connectivity index (χ3v) is 5.60. The summed E-state index contributed by atoms with van der Waals surface area (Å²) in [6.45, 7) is -0.0284. The second-order valence-electron chi connectivity index (χ2n) is 6.83. The van der Waals surface area contributed by atoms with Gasteiger partial charge in [0, 0.05) is 11.6 Å². The van der Waals surface area contributed by atoms with Crippen molar-refractivity contribution in [3.05, 3.63) is 46.2 Å². The predicted molar refractivity (Wildman–Crippen MR) is 91.9 cm³/mol. The first-order valence-electron chi connectivity index (χ1n) is 8.74. The molecule has 132 valence electrons. The summed E-state index contributed by atoms with van der Waals surface area (Å²) < 4.78 is 6.01. The van der Waals surface area contributed by atoms with E-state index in [0.29, 0.717) is 10.6 Å². The van der Waals surface area contributed by atoms with E-state index in [2.05, 4.69) is 0 Å². The molecule has 3 atom stereocenters. The molecule has 1 aliphatic carbocycles. The number of carbonyl (C=O) groups is 2. The zero-order valence-electron chi connectivity index (χ0n) is 13.8. The molecule has 1 amide bonds. The molecule has 2 aliphatic heterocycles. The number of halogens is 1. The number of β-amino-alcohol motifs (C(OH)–C–C–N with tert-alkyl or cyclic N) is 1. The zero-order chi connectivity index (χ0) is 17.6. The Balaban J connectivity index is 1.80. The molecule has 1 aromatic rings. The lowest BCUT2D eigenvalue weighted by Crippen LogP contribution is -2.39. The van der Waals surface area contributed by atoms with Crippen LogP contribution in [0.3, 0.4) is 0 Å². The number of hydrogen-bond acceptors (Lipinski definition) is 4. The summed E-state index contributed by atoms with van der Waals surface area (Å²) in [6.07, 6.45) is 3.44. The van der Waals surface area contributed by atoms with E-state index in [0.717, 1.165) is 31.2 Å². The van der Waals surface area contributed by atoms with Gasteiger partial charge in [0.1, 0.15) is 6.10 Å². The lowest BCUT2D eigenvalue weighted by Gasteiger charge is -2.35. The average molecular weight is 362 g/mol. The van der Waals surface area contributed by atoms with Crippen molar-refractivity contribution < 1.29 is 19.4 Å². The van der Waals surface area contributed by atoms with E-state index in [-0.39, 0.29) is 42.6 Å². The lowest BCUT2D eigenvalue weighted by atomic mass is 9.77. The van der Waals surface area contributed by atoms with Gasteiger partial charge in [0.15, 0.2) is 11.5 Å². The first-order chi connectivity index (χ1) is 12.1. The van der Waals surface area contributed by atoms with Gasteiger partial charge in [-0.1, -0.05) is 30.2 Å². The number of carbonyl (C=O) groups excluding carboxylic acids is 2. The highest BCUT2D eigenvalue weighted by molar-refractivity contribution is 6.30. The number of ketones is 1. The molecule has 3 unspecified atom stereocenters. The monoisotopic (exact) mass is 361 g/mol. The van der Waals surface area contributed by atoms with Gasteiger partial charge in [0.2, 0.25) is 0 Å². The minimum atomic E-state index is -0.538. The van der Waals surface area contributed by atoms with Crippen molar-refractivity contribution in [1.82, 2.24) is 4.90 Å². The molecule has 0 bridgehead atoms. The fourth-order valence-corrected chi connectivity index (χ4v) is 4.45. The van der Waals surface area contributed by atoms with Crippen LogP contribution >= 0.6 is 11.6 Å². The van der Waals surface area contributed by atoms with Crippen LogP contribution in [0.15, 0.2) is 35.6 Å². The molecule has 0 aromatic heterocycles. The van der Waals surface area contributed by atoms with E-state index in [1.165, 1.54) is 4.90 Å². The standard InChI is InChI=1S/C19H20ClNO4/c20-12-5-3-4-11(10-12)16-15-17(23)13-6-1-2-7-14(13)25-18(15)19(24)21(16)8-9-22/h3-5,10,13-14,16,22H,1-2,6-9H2. The van der Waals surface area contributed by atoms with Crippen molar-refractivity contribution in [2.24, 2.45) is 5.92 Å². The predicted octanol–water partition coefficient (Wildman–Crippen LogP) is 2.63. The Morgan fingerprint density at radius 2 is 2.04 bits per heavy atom. The van der Waals surface area contributed by atoms with Crippen molar-refractivity contribution >= 4 is 23.3 Å². The summed E-state index contributed by atoms with van der Waals surface area (Å²) in [5.74, 6) is -0.293. The molecule has 3 aliphatic rings. The Kier molecular flexibility index (Phi) is 4.29. The summed E-state index contributed by atoms with van der Waals surface area (Å²) >= 11 is 6.12. The van der Waals surface area contributed by atoms with E-state index in [9.17, 15) is 14.7 Å². The van der Waals surface area contributed by atoms with Crippen LogP contribution in [0.4, 0.5) is 0 Å². The van der Waals surface area contributed by atoms with Gasteiger partial charge in [-0.25, -0.2) is 0 Å². The van der Waals surface area contributed by atoms with Crippen molar-refractivity contribution in [1.29, 1.82) is 0 Å². The van der Waals surface area contributed by atoms with Crippen LogP contribution in [0.25, 0.3) is 0 Å². The van der Waals surface area contributed by atoms with E-state index in [1.54, 1.807) is 18.2 Å². The van der Waals surface area contributed by atoms with Gasteiger partial charge in [0.25, 0.3) is 5.91 Å². The molecule has 5 nitrogen and oxygen atoms in total. The number of rotatable bonds is 3. The SMILES string of the molecule is O=C1C2=C(OC3CCCCC13)C(=O)N(CCO)C2c1cccc(Cl)c1. The number of Topliss-reactive ketones (excluding diaryl/α,β-unsaturated/α-hetero) is 1. The van der Waals surface area contributed by atoms with Gasteiger partial charge in [-0.3, -0.25) is 9.59 Å². The molecular weight excluding hydrogens is 342 g/mol. The Bertz CT molecular complexity index is 760. The first kappa shape index (κ1) is 16.6. The number of hydrogen-bond donors (Lipinski definition) is 1. The highest BCUT2D eigenvalue weighted by Crippen LogP contribution is 2.46. The first-order valence-corrected chi connectivity index (χ1v) is 9.12. The molecule has 0 spiro atoms. The Labute approximate surface area is 151 Å². The topological polar surface area (TPSA) is 66.8 Å². The van der Waals surface area contributed by atoms with Crippen molar-refractivity contribution in [2.75, 3.05) is 13.2 Å². The molecule has 0 saturated heterocycles. The summed E-state index contributed by atoms with van der Waals surface area (Å²) in [6, 6.07) is 6.63. The minimum Gasteiger partial charge on any atom is -0.483 e. The number of benzene rings is 1. The second kappa shape index (κ2) is 6.46. The Morgan fingerprint density at radius 3 is 2.80 bits per heavy atom. The molecule has 1 saturated carbocycles. The second-order valence-corrected chi connectivity index (χ2v) is 7.27. The molecule has 25 heavy (non-hydrogen) atoms. The summed E-state index contributed by atoms with van der Waals surface area (Å²) in [4.78, 5) is 27.6. The molecule has 1 N–H and O–H groups in total. The highest BCUT2D eigenvalue weighted by Gasteiger charge is 2.51. The number of amides is 1. The number of aliphatic hydroxyl groups is 1. The number of aliphatic hydroxyl groups excluding tert-OH is 1. The summed E-state index contributed by atoms with van der Waals surface area (Å²) in [5.41, 5.74) is 1.20. The number of fused-ring (bicyclic) bond motifs is 1. The largest absolute Gasteiger partial charge is 0.483 e. The zero-order valence-corrected chi connectivity index (χ0v) is 14.5. The van der Waals surface area contributed by atoms with Crippen LogP contribution in [-0.2, 0) is 14.3 Å². The molecule has 0 radical (unpaired) electrons. The third-order valence-electron chi connectivity index (χ3n) is 5.36. The normalized spacial score (nSPS) is 28.7.